The van der Waals surface area contributed by atoms with Crippen molar-refractivity contribution >= 4 is 27.5 Å². The van der Waals surface area contributed by atoms with Crippen molar-refractivity contribution < 1.29 is 4.79 Å². The summed E-state index contributed by atoms with van der Waals surface area (Å²) in [5.74, 6) is 0.127. The monoisotopic (exact) mass is 354 g/mol. The number of likely N-dealkylation sites (N-methyl/N-ethyl adjacent to an activating group) is 1. The summed E-state index contributed by atoms with van der Waals surface area (Å²) >= 11 is 1.54. The Kier molecular flexibility index (Phi) is 4.09. The normalized spacial score (nSPS) is 18.8. The van der Waals surface area contributed by atoms with Gasteiger partial charge in [0.15, 0.2) is 0 Å². The summed E-state index contributed by atoms with van der Waals surface area (Å²) in [6.45, 7) is 4.51. The third-order valence-electron chi connectivity index (χ3n) is 4.94. The van der Waals surface area contributed by atoms with Crippen molar-refractivity contribution in [1.29, 1.82) is 0 Å². The zero-order chi connectivity index (χ0) is 17.6. The van der Waals surface area contributed by atoms with E-state index in [2.05, 4.69) is 29.2 Å². The molecule has 0 saturated carbocycles. The van der Waals surface area contributed by atoms with Crippen LogP contribution in [0.15, 0.2) is 36.4 Å². The average Bonchev–Trinajstić information content (AvgIpc) is 3.17. The number of benzene rings is 1. The number of amides is 1. The molecule has 1 aliphatic heterocycles. The molecule has 130 valence electrons. The third-order valence-corrected chi connectivity index (χ3v) is 6.13. The van der Waals surface area contributed by atoms with Crippen molar-refractivity contribution in [3.05, 3.63) is 52.5 Å². The van der Waals surface area contributed by atoms with Crippen molar-refractivity contribution in [3.63, 3.8) is 0 Å². The number of carbonyl (C=O) groups excluding carboxylic acids is 1. The summed E-state index contributed by atoms with van der Waals surface area (Å²) in [5.41, 5.74) is 2.17. The Labute approximate surface area is 151 Å². The molecule has 0 aliphatic carbocycles. The molecule has 1 atom stereocenters. The fourth-order valence-electron chi connectivity index (χ4n) is 3.58. The van der Waals surface area contributed by atoms with Crippen LogP contribution in [0.2, 0.25) is 0 Å². The van der Waals surface area contributed by atoms with Gasteiger partial charge in [-0.25, -0.2) is 0 Å². The van der Waals surface area contributed by atoms with Gasteiger partial charge in [0.25, 0.3) is 5.91 Å². The van der Waals surface area contributed by atoms with Crippen molar-refractivity contribution in [2.75, 3.05) is 26.7 Å². The molecule has 2 aromatic heterocycles. The van der Waals surface area contributed by atoms with Crippen LogP contribution in [0.1, 0.15) is 27.0 Å². The molecule has 3 heterocycles. The molecule has 0 radical (unpaired) electrons. The number of aromatic nitrogens is 2. The predicted octanol–water partition coefficient (Wildman–Crippen LogP) is 3.07. The molecule has 4 rings (SSSR count). The lowest BCUT2D eigenvalue weighted by Gasteiger charge is -2.40. The van der Waals surface area contributed by atoms with Crippen molar-refractivity contribution in [2.24, 2.45) is 7.05 Å². The summed E-state index contributed by atoms with van der Waals surface area (Å²) in [6, 6.07) is 12.4. The Hall–Kier alpha value is -2.18. The van der Waals surface area contributed by atoms with Gasteiger partial charge >= 0.3 is 0 Å². The lowest BCUT2D eigenvalue weighted by molar-refractivity contribution is 0.0503. The van der Waals surface area contributed by atoms with Gasteiger partial charge in [0.1, 0.15) is 4.83 Å². The molecule has 1 fully saturated rings. The molecule has 25 heavy (non-hydrogen) atoms. The van der Waals surface area contributed by atoms with Crippen LogP contribution in [-0.4, -0.2) is 52.2 Å². The molecular formula is C19H22N4OS. The summed E-state index contributed by atoms with van der Waals surface area (Å²) in [6.07, 6.45) is 0. The zero-order valence-corrected chi connectivity index (χ0v) is 15.6. The van der Waals surface area contributed by atoms with E-state index in [1.807, 2.05) is 47.8 Å². The van der Waals surface area contributed by atoms with Gasteiger partial charge in [-0.05, 0) is 25.6 Å². The first kappa shape index (κ1) is 16.3. The van der Waals surface area contributed by atoms with Crippen LogP contribution in [0.3, 0.4) is 0 Å². The molecule has 1 amide bonds. The predicted molar refractivity (Wildman–Crippen MR) is 101 cm³/mol. The van der Waals surface area contributed by atoms with E-state index in [0.29, 0.717) is 0 Å². The SMILES string of the molecule is Cc1nn(C)c2sc(C(=O)N3CCN(C)CC3c3ccccc3)cc12. The molecular weight excluding hydrogens is 332 g/mol. The van der Waals surface area contributed by atoms with Gasteiger partial charge in [-0.2, -0.15) is 5.10 Å². The summed E-state index contributed by atoms with van der Waals surface area (Å²) in [7, 11) is 4.05. The first-order valence-corrected chi connectivity index (χ1v) is 9.34. The number of aryl methyl sites for hydroxylation is 2. The smallest absolute Gasteiger partial charge is 0.264 e. The van der Waals surface area contributed by atoms with Gasteiger partial charge in [-0.15, -0.1) is 11.3 Å². The quantitative estimate of drug-likeness (QED) is 0.710. The van der Waals surface area contributed by atoms with Gasteiger partial charge in [0.2, 0.25) is 0 Å². The Morgan fingerprint density at radius 2 is 1.96 bits per heavy atom. The lowest BCUT2D eigenvalue weighted by atomic mass is 10.0. The number of carbonyl (C=O) groups is 1. The maximum atomic E-state index is 13.3. The molecule has 0 bridgehead atoms. The van der Waals surface area contributed by atoms with Crippen LogP contribution in [0.5, 0.6) is 0 Å². The largest absolute Gasteiger partial charge is 0.328 e. The minimum absolute atomic E-state index is 0.0943. The Morgan fingerprint density at radius 3 is 2.68 bits per heavy atom. The van der Waals surface area contributed by atoms with Crippen LogP contribution in [0, 0.1) is 6.92 Å². The van der Waals surface area contributed by atoms with Gasteiger partial charge in [-0.3, -0.25) is 9.48 Å². The molecule has 3 aromatic rings. The second kappa shape index (κ2) is 6.28. The van der Waals surface area contributed by atoms with Crippen molar-refractivity contribution in [2.45, 2.75) is 13.0 Å². The Morgan fingerprint density at radius 1 is 1.20 bits per heavy atom. The number of hydrogen-bond acceptors (Lipinski definition) is 4. The second-order valence-corrected chi connectivity index (χ2v) is 7.76. The summed E-state index contributed by atoms with van der Waals surface area (Å²) in [4.78, 5) is 19.5. The van der Waals surface area contributed by atoms with E-state index in [9.17, 15) is 4.79 Å². The van der Waals surface area contributed by atoms with E-state index in [-0.39, 0.29) is 11.9 Å². The number of hydrogen-bond donors (Lipinski definition) is 0. The number of piperazine rings is 1. The molecule has 5 nitrogen and oxygen atoms in total. The first-order valence-electron chi connectivity index (χ1n) is 8.52. The van der Waals surface area contributed by atoms with E-state index < -0.39 is 0 Å². The highest BCUT2D eigenvalue weighted by Crippen LogP contribution is 2.32. The fraction of sp³-hybridized carbons (Fsp3) is 0.368. The average molecular weight is 354 g/mol. The van der Waals surface area contributed by atoms with Crippen LogP contribution >= 0.6 is 11.3 Å². The van der Waals surface area contributed by atoms with E-state index in [1.165, 1.54) is 5.56 Å². The highest BCUT2D eigenvalue weighted by molar-refractivity contribution is 7.20. The van der Waals surface area contributed by atoms with Gasteiger partial charge in [-0.1, -0.05) is 30.3 Å². The molecule has 1 unspecified atom stereocenters. The highest BCUT2D eigenvalue weighted by atomic mass is 32.1. The topological polar surface area (TPSA) is 41.4 Å². The van der Waals surface area contributed by atoms with Gasteiger partial charge < -0.3 is 9.80 Å². The van der Waals surface area contributed by atoms with Crippen LogP contribution < -0.4 is 0 Å². The second-order valence-electron chi connectivity index (χ2n) is 6.73. The molecule has 6 heteroatoms. The number of thiophene rings is 1. The van der Waals surface area contributed by atoms with Gasteiger partial charge in [0, 0.05) is 32.1 Å². The van der Waals surface area contributed by atoms with Crippen LogP contribution in [0.4, 0.5) is 0 Å². The molecule has 1 aromatic carbocycles. The van der Waals surface area contributed by atoms with E-state index in [4.69, 9.17) is 0 Å². The van der Waals surface area contributed by atoms with Crippen molar-refractivity contribution in [3.8, 4) is 0 Å². The lowest BCUT2D eigenvalue weighted by Crippen LogP contribution is -2.49. The third kappa shape index (κ3) is 2.85. The maximum Gasteiger partial charge on any atom is 0.264 e. The van der Waals surface area contributed by atoms with Gasteiger partial charge in [0.05, 0.1) is 16.6 Å². The van der Waals surface area contributed by atoms with E-state index in [1.54, 1.807) is 11.3 Å². The van der Waals surface area contributed by atoms with E-state index in [0.717, 1.165) is 40.4 Å². The summed E-state index contributed by atoms with van der Waals surface area (Å²) < 4.78 is 1.87. The van der Waals surface area contributed by atoms with Crippen LogP contribution in [0.25, 0.3) is 10.2 Å². The molecule has 1 saturated heterocycles. The molecule has 0 spiro atoms. The molecule has 1 aliphatic rings. The standard InChI is InChI=1S/C19H22N4OS/c1-13-15-11-17(25-19(15)22(3)20-13)18(24)23-10-9-21(2)12-16(23)14-7-5-4-6-8-14/h4-8,11,16H,9-10,12H2,1-3H3. The minimum Gasteiger partial charge on any atom is -0.328 e. The minimum atomic E-state index is 0.0943. The van der Waals surface area contributed by atoms with E-state index >= 15 is 0 Å². The highest BCUT2D eigenvalue weighted by Gasteiger charge is 2.31. The Balaban J connectivity index is 1.69. The number of rotatable bonds is 2. The number of nitrogens with zero attached hydrogens (tertiary/aromatic N) is 4. The number of fused-ring (bicyclic) bond motifs is 1. The zero-order valence-electron chi connectivity index (χ0n) is 14.8. The first-order chi connectivity index (χ1) is 12.0. The summed E-state index contributed by atoms with van der Waals surface area (Å²) in [5, 5.41) is 5.52. The molecule has 0 N–H and O–H groups in total. The van der Waals surface area contributed by atoms with Crippen molar-refractivity contribution in [1.82, 2.24) is 19.6 Å². The van der Waals surface area contributed by atoms with Crippen LogP contribution in [-0.2, 0) is 7.05 Å². The Bertz CT molecular complexity index is 880. The maximum absolute atomic E-state index is 13.3. The fourth-order valence-corrected chi connectivity index (χ4v) is 4.65.